The van der Waals surface area contributed by atoms with Crippen molar-refractivity contribution in [2.24, 2.45) is 0 Å². The van der Waals surface area contributed by atoms with Crippen molar-refractivity contribution in [3.8, 4) is 5.75 Å². The van der Waals surface area contributed by atoms with E-state index in [1.54, 1.807) is 32.0 Å². The predicted molar refractivity (Wildman–Crippen MR) is 72.4 cm³/mol. The molecule has 2 amide bonds. The van der Waals surface area contributed by atoms with Crippen molar-refractivity contribution in [2.45, 2.75) is 39.3 Å². The Morgan fingerprint density at radius 3 is 2.68 bits per heavy atom. The molecule has 0 unspecified atom stereocenters. The number of rotatable bonds is 2. The summed E-state index contributed by atoms with van der Waals surface area (Å²) >= 11 is 0. The van der Waals surface area contributed by atoms with E-state index in [0.717, 1.165) is 0 Å². The van der Waals surface area contributed by atoms with Gasteiger partial charge in [0.05, 0.1) is 5.69 Å². The highest BCUT2D eigenvalue weighted by molar-refractivity contribution is 6.02. The van der Waals surface area contributed by atoms with Crippen LogP contribution >= 0.6 is 0 Å². The molecule has 0 saturated heterocycles. The molecule has 2 N–H and O–H groups in total. The summed E-state index contributed by atoms with van der Waals surface area (Å²) < 4.78 is 5.60. The number of benzene rings is 1. The molecule has 0 atom stereocenters. The standard InChI is InChI=1S/C14H18N2O3/c1-8(2)15-12(17)9-5-6-11-10(7-9)16-13(18)14(3,4)19-11/h5-8H,1-4H3,(H,15,17)(H,16,18). The lowest BCUT2D eigenvalue weighted by Crippen LogP contribution is -2.45. The average molecular weight is 262 g/mol. The summed E-state index contributed by atoms with van der Waals surface area (Å²) in [5.41, 5.74) is 0.131. The fraction of sp³-hybridized carbons (Fsp3) is 0.429. The minimum Gasteiger partial charge on any atom is -0.476 e. The first-order valence-corrected chi connectivity index (χ1v) is 6.25. The van der Waals surface area contributed by atoms with Crippen molar-refractivity contribution < 1.29 is 14.3 Å². The van der Waals surface area contributed by atoms with Crippen molar-refractivity contribution in [3.63, 3.8) is 0 Å². The Morgan fingerprint density at radius 2 is 2.05 bits per heavy atom. The largest absolute Gasteiger partial charge is 0.476 e. The molecule has 19 heavy (non-hydrogen) atoms. The molecule has 1 aromatic carbocycles. The summed E-state index contributed by atoms with van der Waals surface area (Å²) in [5, 5.41) is 5.56. The minimum atomic E-state index is -0.894. The van der Waals surface area contributed by atoms with Crippen molar-refractivity contribution in [1.82, 2.24) is 5.32 Å². The van der Waals surface area contributed by atoms with E-state index in [0.29, 0.717) is 17.0 Å². The van der Waals surface area contributed by atoms with Gasteiger partial charge in [-0.3, -0.25) is 9.59 Å². The second-order valence-corrected chi connectivity index (χ2v) is 5.41. The van der Waals surface area contributed by atoms with Crippen LogP contribution in [0.25, 0.3) is 0 Å². The van der Waals surface area contributed by atoms with E-state index in [9.17, 15) is 9.59 Å². The van der Waals surface area contributed by atoms with Gasteiger partial charge in [-0.15, -0.1) is 0 Å². The molecular formula is C14H18N2O3. The molecule has 1 aromatic rings. The van der Waals surface area contributed by atoms with E-state index in [1.165, 1.54) is 0 Å². The van der Waals surface area contributed by atoms with E-state index in [4.69, 9.17) is 4.74 Å². The Morgan fingerprint density at radius 1 is 1.37 bits per heavy atom. The van der Waals surface area contributed by atoms with Crippen LogP contribution in [0.2, 0.25) is 0 Å². The third-order valence-electron chi connectivity index (χ3n) is 2.82. The topological polar surface area (TPSA) is 67.4 Å². The van der Waals surface area contributed by atoms with Gasteiger partial charge in [0.1, 0.15) is 5.75 Å². The van der Waals surface area contributed by atoms with Crippen LogP contribution in [0.5, 0.6) is 5.75 Å². The summed E-state index contributed by atoms with van der Waals surface area (Å²) in [6.45, 7) is 7.18. The zero-order valence-corrected chi connectivity index (χ0v) is 11.5. The highest BCUT2D eigenvalue weighted by Crippen LogP contribution is 2.34. The Balaban J connectivity index is 2.28. The van der Waals surface area contributed by atoms with Gasteiger partial charge in [-0.1, -0.05) is 0 Å². The molecule has 0 fully saturated rings. The van der Waals surface area contributed by atoms with Crippen molar-refractivity contribution in [1.29, 1.82) is 0 Å². The van der Waals surface area contributed by atoms with Crippen LogP contribution in [-0.2, 0) is 4.79 Å². The average Bonchev–Trinajstić information content (AvgIpc) is 2.28. The number of nitrogens with one attached hydrogen (secondary N) is 2. The molecule has 5 nitrogen and oxygen atoms in total. The normalized spacial score (nSPS) is 16.4. The van der Waals surface area contributed by atoms with Gasteiger partial charge in [-0.05, 0) is 45.9 Å². The second-order valence-electron chi connectivity index (χ2n) is 5.41. The number of hydrogen-bond donors (Lipinski definition) is 2. The van der Waals surface area contributed by atoms with Crippen LogP contribution in [0.1, 0.15) is 38.1 Å². The third-order valence-corrected chi connectivity index (χ3v) is 2.82. The molecule has 5 heteroatoms. The van der Waals surface area contributed by atoms with Gasteiger partial charge in [0.25, 0.3) is 11.8 Å². The zero-order valence-electron chi connectivity index (χ0n) is 11.5. The zero-order chi connectivity index (χ0) is 14.2. The van der Waals surface area contributed by atoms with E-state index in [2.05, 4.69) is 10.6 Å². The first kappa shape index (κ1) is 13.4. The smallest absolute Gasteiger partial charge is 0.268 e. The summed E-state index contributed by atoms with van der Waals surface area (Å²) in [7, 11) is 0. The maximum Gasteiger partial charge on any atom is 0.268 e. The first-order chi connectivity index (χ1) is 8.79. The number of anilines is 1. The monoisotopic (exact) mass is 262 g/mol. The van der Waals surface area contributed by atoms with Gasteiger partial charge >= 0.3 is 0 Å². The number of carbonyl (C=O) groups is 2. The third kappa shape index (κ3) is 2.70. The lowest BCUT2D eigenvalue weighted by atomic mass is 10.0. The fourth-order valence-corrected chi connectivity index (χ4v) is 1.80. The molecule has 0 aliphatic carbocycles. The highest BCUT2D eigenvalue weighted by atomic mass is 16.5. The molecule has 0 bridgehead atoms. The highest BCUT2D eigenvalue weighted by Gasteiger charge is 2.35. The minimum absolute atomic E-state index is 0.0632. The van der Waals surface area contributed by atoms with Gasteiger partial charge in [0.15, 0.2) is 5.60 Å². The van der Waals surface area contributed by atoms with Gasteiger partial charge in [-0.2, -0.15) is 0 Å². The molecule has 0 saturated carbocycles. The Bertz CT molecular complexity index is 535. The van der Waals surface area contributed by atoms with E-state index >= 15 is 0 Å². The van der Waals surface area contributed by atoms with Crippen molar-refractivity contribution in [3.05, 3.63) is 23.8 Å². The van der Waals surface area contributed by atoms with Crippen LogP contribution in [0, 0.1) is 0 Å². The molecule has 102 valence electrons. The second kappa shape index (κ2) is 4.57. The number of fused-ring (bicyclic) bond motifs is 1. The molecule has 2 rings (SSSR count). The summed E-state index contributed by atoms with van der Waals surface area (Å²) in [6, 6.07) is 5.07. The molecule has 0 spiro atoms. The van der Waals surface area contributed by atoms with E-state index in [-0.39, 0.29) is 17.9 Å². The Hall–Kier alpha value is -2.04. The van der Waals surface area contributed by atoms with Crippen LogP contribution in [-0.4, -0.2) is 23.5 Å². The molecule has 1 aliphatic heterocycles. The molecular weight excluding hydrogens is 244 g/mol. The van der Waals surface area contributed by atoms with Crippen molar-refractivity contribution >= 4 is 17.5 Å². The van der Waals surface area contributed by atoms with Crippen molar-refractivity contribution in [2.75, 3.05) is 5.32 Å². The van der Waals surface area contributed by atoms with Crippen LogP contribution in [0.4, 0.5) is 5.69 Å². The Kier molecular flexibility index (Phi) is 3.22. The molecule has 1 heterocycles. The first-order valence-electron chi connectivity index (χ1n) is 6.25. The molecule has 0 radical (unpaired) electrons. The SMILES string of the molecule is CC(C)NC(=O)c1ccc2c(c1)NC(=O)C(C)(C)O2. The predicted octanol–water partition coefficient (Wildman–Crippen LogP) is 1.93. The van der Waals surface area contributed by atoms with Crippen LogP contribution in [0.3, 0.4) is 0 Å². The number of ether oxygens (including phenoxy) is 1. The molecule has 0 aromatic heterocycles. The quantitative estimate of drug-likeness (QED) is 0.855. The summed E-state index contributed by atoms with van der Waals surface area (Å²) in [6.07, 6.45) is 0. The van der Waals surface area contributed by atoms with E-state index in [1.807, 2.05) is 13.8 Å². The van der Waals surface area contributed by atoms with Gasteiger partial charge in [0, 0.05) is 11.6 Å². The maximum atomic E-state index is 11.9. The molecule has 1 aliphatic rings. The Labute approximate surface area is 112 Å². The summed E-state index contributed by atoms with van der Waals surface area (Å²) in [4.78, 5) is 23.7. The van der Waals surface area contributed by atoms with Gasteiger partial charge in [0.2, 0.25) is 0 Å². The summed E-state index contributed by atoms with van der Waals surface area (Å²) in [5.74, 6) is 0.184. The maximum absolute atomic E-state index is 11.9. The fourth-order valence-electron chi connectivity index (χ4n) is 1.80. The lowest BCUT2D eigenvalue weighted by molar-refractivity contribution is -0.129. The lowest BCUT2D eigenvalue weighted by Gasteiger charge is -2.31. The van der Waals surface area contributed by atoms with Gasteiger partial charge < -0.3 is 15.4 Å². The van der Waals surface area contributed by atoms with E-state index < -0.39 is 5.60 Å². The van der Waals surface area contributed by atoms with Crippen LogP contribution < -0.4 is 15.4 Å². The number of carbonyl (C=O) groups excluding carboxylic acids is 2. The number of amides is 2. The number of hydrogen-bond acceptors (Lipinski definition) is 3. The van der Waals surface area contributed by atoms with Crippen LogP contribution in [0.15, 0.2) is 18.2 Å². The van der Waals surface area contributed by atoms with Gasteiger partial charge in [-0.25, -0.2) is 0 Å².